The van der Waals surface area contributed by atoms with Gasteiger partial charge in [-0.25, -0.2) is 0 Å². The molecular weight excluding hydrogens is 360 g/mol. The van der Waals surface area contributed by atoms with Gasteiger partial charge in [0.2, 0.25) is 0 Å². The minimum Gasteiger partial charge on any atom is -0.505 e. The molecule has 1 amide bonds. The number of phenols is 1. The van der Waals surface area contributed by atoms with E-state index in [0.29, 0.717) is 17.1 Å². The minimum atomic E-state index is -0.246. The second kappa shape index (κ2) is 11.5. The largest absolute Gasteiger partial charge is 0.505 e. The van der Waals surface area contributed by atoms with Crippen LogP contribution in [0, 0.1) is 13.8 Å². The Balaban J connectivity index is 0.000000989. The molecule has 0 aliphatic heterocycles. The Kier molecular flexibility index (Phi) is 9.46. The molecule has 4 nitrogen and oxygen atoms in total. The average molecular weight is 393 g/mol. The number of rotatable bonds is 4. The molecule has 0 aromatic heterocycles. The van der Waals surface area contributed by atoms with Crippen molar-refractivity contribution in [3.8, 4) is 5.75 Å². The summed E-state index contributed by atoms with van der Waals surface area (Å²) in [5, 5.41) is 17.8. The summed E-state index contributed by atoms with van der Waals surface area (Å²) in [5.74, 6) is 0.180. The molecule has 29 heavy (non-hydrogen) atoms. The van der Waals surface area contributed by atoms with E-state index in [1.165, 1.54) is 0 Å². The third-order valence-electron chi connectivity index (χ3n) is 3.93. The lowest BCUT2D eigenvalue weighted by Gasteiger charge is -2.14. The first-order valence-corrected chi connectivity index (χ1v) is 10.0. The molecular formula is C25H32N2O2. The molecule has 0 radical (unpaired) electrons. The van der Waals surface area contributed by atoms with Crippen LogP contribution in [0.25, 0.3) is 10.8 Å². The number of benzene rings is 3. The van der Waals surface area contributed by atoms with Gasteiger partial charge < -0.3 is 15.7 Å². The SMILES string of the molecule is C=C(NC(=O)c1cc(C)cc(C)c1)Nc1ccc2ccccc2c1O.CC.CC. The number of amides is 1. The Morgan fingerprint density at radius 2 is 1.48 bits per heavy atom. The lowest BCUT2D eigenvalue weighted by molar-refractivity contribution is 0.0966. The topological polar surface area (TPSA) is 61.4 Å². The first-order chi connectivity index (χ1) is 13.9. The van der Waals surface area contributed by atoms with Gasteiger partial charge in [-0.15, -0.1) is 0 Å². The predicted octanol–water partition coefficient (Wildman–Crippen LogP) is 6.53. The van der Waals surface area contributed by atoms with E-state index in [9.17, 15) is 9.90 Å². The van der Waals surface area contributed by atoms with E-state index in [1.54, 1.807) is 6.07 Å². The second-order valence-electron chi connectivity index (χ2n) is 6.12. The van der Waals surface area contributed by atoms with E-state index < -0.39 is 0 Å². The van der Waals surface area contributed by atoms with E-state index in [2.05, 4.69) is 17.2 Å². The van der Waals surface area contributed by atoms with E-state index >= 15 is 0 Å². The number of carbonyl (C=O) groups excluding carboxylic acids is 1. The van der Waals surface area contributed by atoms with Crippen molar-refractivity contribution in [1.82, 2.24) is 5.32 Å². The lowest BCUT2D eigenvalue weighted by Crippen LogP contribution is -2.26. The van der Waals surface area contributed by atoms with Gasteiger partial charge >= 0.3 is 0 Å². The summed E-state index contributed by atoms with van der Waals surface area (Å²) in [6, 6.07) is 16.9. The van der Waals surface area contributed by atoms with Crippen molar-refractivity contribution < 1.29 is 9.90 Å². The summed E-state index contributed by atoms with van der Waals surface area (Å²) in [7, 11) is 0. The van der Waals surface area contributed by atoms with Gasteiger partial charge in [-0.05, 0) is 37.4 Å². The van der Waals surface area contributed by atoms with E-state index in [-0.39, 0.29) is 11.7 Å². The number of phenolic OH excluding ortho intramolecular Hbond substituents is 1. The van der Waals surface area contributed by atoms with Gasteiger partial charge in [0.05, 0.1) is 5.69 Å². The minimum absolute atomic E-state index is 0.125. The van der Waals surface area contributed by atoms with E-state index in [0.717, 1.165) is 21.9 Å². The normalized spacial score (nSPS) is 9.45. The molecule has 3 aromatic rings. The Bertz CT molecular complexity index is 957. The highest BCUT2D eigenvalue weighted by molar-refractivity contribution is 5.96. The van der Waals surface area contributed by atoms with Crippen LogP contribution in [0.1, 0.15) is 49.2 Å². The van der Waals surface area contributed by atoms with Crippen LogP contribution in [-0.2, 0) is 0 Å². The molecule has 0 heterocycles. The Hall–Kier alpha value is -3.27. The zero-order valence-corrected chi connectivity index (χ0v) is 18.3. The average Bonchev–Trinajstić information content (AvgIpc) is 2.72. The highest BCUT2D eigenvalue weighted by Crippen LogP contribution is 2.32. The molecule has 0 aliphatic carbocycles. The van der Waals surface area contributed by atoms with Crippen molar-refractivity contribution in [2.75, 3.05) is 5.32 Å². The molecule has 0 aliphatic rings. The number of hydrogen-bond donors (Lipinski definition) is 3. The van der Waals surface area contributed by atoms with E-state index in [4.69, 9.17) is 0 Å². The molecule has 0 saturated heterocycles. The standard InChI is InChI=1S/C21H20N2O2.2C2H6/c1-13-10-14(2)12-17(11-13)21(25)23-15(3)22-19-9-8-16-6-4-5-7-18(16)20(19)24;2*1-2/h4-12,22,24H,3H2,1-2H3,(H,23,25);2*1-2H3. The van der Waals surface area contributed by atoms with Gasteiger partial charge in [-0.1, -0.05) is 81.8 Å². The van der Waals surface area contributed by atoms with Gasteiger partial charge in [0, 0.05) is 10.9 Å². The number of carbonyl (C=O) groups is 1. The molecule has 3 rings (SSSR count). The molecule has 0 unspecified atom stereocenters. The van der Waals surface area contributed by atoms with Gasteiger partial charge in [0.25, 0.3) is 5.91 Å². The fourth-order valence-corrected chi connectivity index (χ4v) is 2.86. The molecule has 0 fully saturated rings. The third kappa shape index (κ3) is 6.39. The molecule has 154 valence electrons. The van der Waals surface area contributed by atoms with Crippen molar-refractivity contribution in [2.24, 2.45) is 0 Å². The second-order valence-corrected chi connectivity index (χ2v) is 6.12. The molecule has 0 spiro atoms. The highest BCUT2D eigenvalue weighted by Gasteiger charge is 2.10. The zero-order chi connectivity index (χ0) is 22.0. The quantitative estimate of drug-likeness (QED) is 0.442. The molecule has 4 heteroatoms. The van der Waals surface area contributed by atoms with Crippen LogP contribution in [-0.4, -0.2) is 11.0 Å². The van der Waals surface area contributed by atoms with Crippen molar-refractivity contribution >= 4 is 22.4 Å². The molecule has 0 bridgehead atoms. The third-order valence-corrected chi connectivity index (χ3v) is 3.93. The highest BCUT2D eigenvalue weighted by atomic mass is 16.3. The van der Waals surface area contributed by atoms with Crippen LogP contribution in [0.4, 0.5) is 5.69 Å². The maximum Gasteiger partial charge on any atom is 0.256 e. The van der Waals surface area contributed by atoms with Crippen molar-refractivity contribution in [3.05, 3.63) is 83.7 Å². The molecule has 0 atom stereocenters. The fraction of sp³-hybridized carbons (Fsp3) is 0.240. The van der Waals surface area contributed by atoms with Crippen LogP contribution in [0.15, 0.2) is 67.0 Å². The number of hydrogen-bond acceptors (Lipinski definition) is 3. The van der Waals surface area contributed by atoms with Crippen LogP contribution in [0.3, 0.4) is 0 Å². The smallest absolute Gasteiger partial charge is 0.256 e. The van der Waals surface area contributed by atoms with Crippen LogP contribution in [0.2, 0.25) is 0 Å². The summed E-state index contributed by atoms with van der Waals surface area (Å²) >= 11 is 0. The van der Waals surface area contributed by atoms with Gasteiger partial charge in [-0.2, -0.15) is 0 Å². The van der Waals surface area contributed by atoms with Gasteiger partial charge in [0.1, 0.15) is 11.6 Å². The van der Waals surface area contributed by atoms with Crippen molar-refractivity contribution in [3.63, 3.8) is 0 Å². The number of nitrogens with one attached hydrogen (secondary N) is 2. The summed E-state index contributed by atoms with van der Waals surface area (Å²) in [4.78, 5) is 12.4. The summed E-state index contributed by atoms with van der Waals surface area (Å²) < 4.78 is 0. The Morgan fingerprint density at radius 3 is 2.10 bits per heavy atom. The Labute approximate surface area is 174 Å². The van der Waals surface area contributed by atoms with Crippen molar-refractivity contribution in [1.29, 1.82) is 0 Å². The monoisotopic (exact) mass is 392 g/mol. The summed E-state index contributed by atoms with van der Waals surface area (Å²) in [6.45, 7) is 15.7. The first kappa shape index (κ1) is 23.8. The van der Waals surface area contributed by atoms with Crippen molar-refractivity contribution in [2.45, 2.75) is 41.5 Å². The number of anilines is 1. The van der Waals surface area contributed by atoms with E-state index in [1.807, 2.05) is 90.1 Å². The van der Waals surface area contributed by atoms with Gasteiger partial charge in [0.15, 0.2) is 0 Å². The first-order valence-electron chi connectivity index (χ1n) is 10.0. The number of fused-ring (bicyclic) bond motifs is 1. The maximum absolute atomic E-state index is 12.4. The number of aryl methyl sites for hydroxylation is 2. The fourth-order valence-electron chi connectivity index (χ4n) is 2.86. The Morgan fingerprint density at radius 1 is 0.897 bits per heavy atom. The molecule has 3 aromatic carbocycles. The lowest BCUT2D eigenvalue weighted by atomic mass is 10.1. The van der Waals surface area contributed by atoms with Crippen LogP contribution in [0.5, 0.6) is 5.75 Å². The van der Waals surface area contributed by atoms with Gasteiger partial charge in [-0.3, -0.25) is 4.79 Å². The molecule has 0 saturated carbocycles. The number of aromatic hydroxyl groups is 1. The van der Waals surface area contributed by atoms with Crippen LogP contribution >= 0.6 is 0 Å². The predicted molar refractivity (Wildman–Crippen MR) is 124 cm³/mol. The maximum atomic E-state index is 12.4. The van der Waals surface area contributed by atoms with Crippen LogP contribution < -0.4 is 10.6 Å². The molecule has 3 N–H and O–H groups in total. The summed E-state index contributed by atoms with van der Waals surface area (Å²) in [5.41, 5.74) is 3.11. The summed E-state index contributed by atoms with van der Waals surface area (Å²) in [6.07, 6.45) is 0. The zero-order valence-electron chi connectivity index (χ0n) is 18.3.